The molecule has 1 unspecified atom stereocenters. The van der Waals surface area contributed by atoms with Crippen molar-refractivity contribution in [1.82, 2.24) is 20.3 Å². The molecule has 3 aliphatic rings. The number of hydrogen-bond acceptors (Lipinski definition) is 7. The molecule has 3 aliphatic heterocycles. The van der Waals surface area contributed by atoms with Crippen LogP contribution < -0.4 is 11.2 Å². The zero-order valence-electron chi connectivity index (χ0n) is 14.1. The third-order valence-electron chi connectivity index (χ3n) is 4.88. The molecule has 0 bridgehead atoms. The number of aliphatic imine (C=N–C) groups is 2. The summed E-state index contributed by atoms with van der Waals surface area (Å²) in [6, 6.07) is 12.1. The molecule has 1 atom stereocenters. The number of alkyl halides is 1. The summed E-state index contributed by atoms with van der Waals surface area (Å²) < 4.78 is -0.647. The van der Waals surface area contributed by atoms with Gasteiger partial charge in [0.1, 0.15) is 0 Å². The van der Waals surface area contributed by atoms with E-state index >= 15 is 0 Å². The van der Waals surface area contributed by atoms with Crippen molar-refractivity contribution in [3.8, 4) is 0 Å². The molecule has 0 saturated carbocycles. The van der Waals surface area contributed by atoms with E-state index in [0.717, 1.165) is 42.3 Å². The van der Waals surface area contributed by atoms with Crippen LogP contribution in [-0.4, -0.2) is 44.3 Å². The normalized spacial score (nSPS) is 24.4. The minimum absolute atomic E-state index is 0.398. The number of amidine groups is 1. The third-order valence-corrected chi connectivity index (χ3v) is 5.48. The molecule has 132 valence electrons. The quantitative estimate of drug-likeness (QED) is 0.580. The van der Waals surface area contributed by atoms with Crippen LogP contribution in [0.3, 0.4) is 0 Å². The highest BCUT2D eigenvalue weighted by atomic mass is 79.9. The second-order valence-corrected chi connectivity index (χ2v) is 8.01. The molecule has 5 rings (SSSR count). The van der Waals surface area contributed by atoms with Gasteiger partial charge in [0.25, 0.3) is 0 Å². The van der Waals surface area contributed by atoms with Gasteiger partial charge in [0.15, 0.2) is 10.4 Å². The highest BCUT2D eigenvalue weighted by molar-refractivity contribution is 9.10. The molecule has 3 N–H and O–H groups in total. The Hall–Kier alpha value is -2.29. The van der Waals surface area contributed by atoms with E-state index in [1.54, 1.807) is 5.01 Å². The van der Waals surface area contributed by atoms with E-state index < -0.39 is 4.57 Å². The number of nitrogens with two attached hydrogens (primary N) is 1. The molecule has 1 aromatic carbocycles. The summed E-state index contributed by atoms with van der Waals surface area (Å²) >= 11 is 3.78. The fourth-order valence-electron chi connectivity index (χ4n) is 3.66. The minimum Gasteiger partial charge on any atom is -0.368 e. The molecule has 4 heterocycles. The maximum atomic E-state index is 6.14. The van der Waals surface area contributed by atoms with Gasteiger partial charge in [-0.25, -0.2) is 15.0 Å². The molecular formula is C18H18BrN7. The number of halogens is 1. The number of pyridine rings is 1. The van der Waals surface area contributed by atoms with Crippen LogP contribution in [0.25, 0.3) is 0 Å². The van der Waals surface area contributed by atoms with Crippen molar-refractivity contribution in [2.24, 2.45) is 15.7 Å². The predicted octanol–water partition coefficient (Wildman–Crippen LogP) is 1.72. The van der Waals surface area contributed by atoms with Crippen LogP contribution in [0.5, 0.6) is 0 Å². The molecule has 8 heteroatoms. The van der Waals surface area contributed by atoms with Crippen LogP contribution in [0.15, 0.2) is 52.6 Å². The van der Waals surface area contributed by atoms with Crippen molar-refractivity contribution in [2.75, 3.05) is 13.1 Å². The second kappa shape index (κ2) is 5.87. The first-order chi connectivity index (χ1) is 12.6. The number of hydrogen-bond donors (Lipinski definition) is 2. The summed E-state index contributed by atoms with van der Waals surface area (Å²) in [6.45, 7) is 2.48. The molecule has 1 aromatic heterocycles. The van der Waals surface area contributed by atoms with Gasteiger partial charge in [-0.3, -0.25) is 9.88 Å². The van der Waals surface area contributed by atoms with E-state index in [-0.39, 0.29) is 0 Å². The van der Waals surface area contributed by atoms with Crippen LogP contribution in [0.1, 0.15) is 16.8 Å². The van der Waals surface area contributed by atoms with Crippen molar-refractivity contribution in [2.45, 2.75) is 17.5 Å². The molecule has 7 nitrogen and oxygen atoms in total. The number of rotatable bonds is 2. The lowest BCUT2D eigenvalue weighted by Crippen LogP contribution is -2.55. The van der Waals surface area contributed by atoms with Crippen LogP contribution in [0.4, 0.5) is 5.69 Å². The van der Waals surface area contributed by atoms with Crippen LogP contribution in [-0.2, 0) is 13.0 Å². The summed E-state index contributed by atoms with van der Waals surface area (Å²) in [7, 11) is 0. The highest BCUT2D eigenvalue weighted by Crippen LogP contribution is 2.33. The van der Waals surface area contributed by atoms with Gasteiger partial charge >= 0.3 is 0 Å². The molecule has 0 spiro atoms. The SMILES string of the molecule is NC1=Nc2ccccc2C2=NC(Br)(CN3CCc4cccnc4C3)NN12. The number of fused-ring (bicyclic) bond motifs is 4. The average Bonchev–Trinajstić information content (AvgIpc) is 3.00. The van der Waals surface area contributed by atoms with E-state index in [1.807, 2.05) is 36.5 Å². The van der Waals surface area contributed by atoms with E-state index in [4.69, 9.17) is 10.7 Å². The van der Waals surface area contributed by atoms with Crippen LogP contribution in [0.2, 0.25) is 0 Å². The lowest BCUT2D eigenvalue weighted by molar-refractivity contribution is 0.203. The lowest BCUT2D eigenvalue weighted by Gasteiger charge is -2.33. The first-order valence-electron chi connectivity index (χ1n) is 8.57. The van der Waals surface area contributed by atoms with Gasteiger partial charge in [-0.2, -0.15) is 5.43 Å². The number of guanidine groups is 1. The lowest BCUT2D eigenvalue weighted by atomic mass is 10.1. The number of benzene rings is 1. The van der Waals surface area contributed by atoms with Crippen LogP contribution in [0, 0.1) is 0 Å². The molecule has 0 fully saturated rings. The van der Waals surface area contributed by atoms with Crippen molar-refractivity contribution < 1.29 is 0 Å². The maximum Gasteiger partial charge on any atom is 0.217 e. The van der Waals surface area contributed by atoms with E-state index in [0.29, 0.717) is 12.5 Å². The molecule has 0 amide bonds. The maximum absolute atomic E-state index is 6.14. The topological polar surface area (TPSA) is 82.1 Å². The molecular weight excluding hydrogens is 394 g/mol. The minimum atomic E-state index is -0.647. The zero-order chi connectivity index (χ0) is 17.7. The van der Waals surface area contributed by atoms with E-state index in [2.05, 4.69) is 42.3 Å². The van der Waals surface area contributed by atoms with Crippen molar-refractivity contribution in [1.29, 1.82) is 0 Å². The summed E-state index contributed by atoms with van der Waals surface area (Å²) in [5.41, 5.74) is 13.8. The first-order valence-corrected chi connectivity index (χ1v) is 9.36. The number of aromatic nitrogens is 1. The van der Waals surface area contributed by atoms with Gasteiger partial charge in [-0.15, -0.1) is 0 Å². The number of para-hydroxylation sites is 1. The molecule has 2 aromatic rings. The van der Waals surface area contributed by atoms with Gasteiger partial charge in [-0.05, 0) is 46.1 Å². The Labute approximate surface area is 159 Å². The Morgan fingerprint density at radius 2 is 2.12 bits per heavy atom. The largest absolute Gasteiger partial charge is 0.368 e. The van der Waals surface area contributed by atoms with Gasteiger partial charge < -0.3 is 5.73 Å². The summed E-state index contributed by atoms with van der Waals surface area (Å²) in [5, 5.41) is 1.76. The Bertz CT molecular complexity index is 941. The Morgan fingerprint density at radius 3 is 3.04 bits per heavy atom. The molecule has 0 saturated heterocycles. The fourth-order valence-corrected chi connectivity index (χ4v) is 4.36. The van der Waals surface area contributed by atoms with E-state index in [1.165, 1.54) is 5.56 Å². The smallest absolute Gasteiger partial charge is 0.217 e. The van der Waals surface area contributed by atoms with E-state index in [9.17, 15) is 0 Å². The highest BCUT2D eigenvalue weighted by Gasteiger charge is 2.42. The number of nitrogens with zero attached hydrogens (tertiary/aromatic N) is 5. The summed E-state index contributed by atoms with van der Waals surface area (Å²) in [4.78, 5) is 16.2. The first kappa shape index (κ1) is 15.9. The van der Waals surface area contributed by atoms with Gasteiger partial charge in [0.05, 0.1) is 11.4 Å². The molecule has 0 radical (unpaired) electrons. The summed E-state index contributed by atoms with van der Waals surface area (Å²) in [6.07, 6.45) is 2.85. The van der Waals surface area contributed by atoms with Crippen molar-refractivity contribution in [3.63, 3.8) is 0 Å². The molecule has 0 aliphatic carbocycles. The van der Waals surface area contributed by atoms with Crippen molar-refractivity contribution >= 4 is 33.4 Å². The van der Waals surface area contributed by atoms with Crippen molar-refractivity contribution in [3.05, 3.63) is 59.4 Å². The Kier molecular flexibility index (Phi) is 3.59. The third kappa shape index (κ3) is 2.61. The second-order valence-electron chi connectivity index (χ2n) is 6.70. The summed E-state index contributed by atoms with van der Waals surface area (Å²) in [5.74, 6) is 1.19. The molecule has 26 heavy (non-hydrogen) atoms. The number of hydrazine groups is 1. The van der Waals surface area contributed by atoms with Gasteiger partial charge in [0, 0.05) is 31.4 Å². The Balaban J connectivity index is 1.42. The predicted molar refractivity (Wildman–Crippen MR) is 104 cm³/mol. The average molecular weight is 412 g/mol. The van der Waals surface area contributed by atoms with Gasteiger partial charge in [-0.1, -0.05) is 18.2 Å². The number of nitrogens with one attached hydrogen (secondary N) is 1. The fraction of sp³-hybridized carbons (Fsp3) is 0.278. The van der Waals surface area contributed by atoms with Gasteiger partial charge in [0.2, 0.25) is 5.96 Å². The van der Waals surface area contributed by atoms with Crippen LogP contribution >= 0.6 is 15.9 Å². The standard InChI is InChI=1S/C18H18BrN7/c19-18(11-25-9-7-12-4-3-8-21-15(12)10-25)23-16-13-5-1-2-6-14(13)22-17(20)26(16)24-18/h1-6,8,24H,7,9-11H2,(H2,20,22). The Morgan fingerprint density at radius 1 is 1.23 bits per heavy atom. The monoisotopic (exact) mass is 411 g/mol. The zero-order valence-corrected chi connectivity index (χ0v) is 15.6.